The van der Waals surface area contributed by atoms with Gasteiger partial charge in [0.15, 0.2) is 0 Å². The zero-order chi connectivity index (χ0) is 12.3. The highest BCUT2D eigenvalue weighted by Crippen LogP contribution is 2.14. The predicted octanol–water partition coefficient (Wildman–Crippen LogP) is 1.67. The van der Waals surface area contributed by atoms with Crippen molar-refractivity contribution in [1.82, 2.24) is 10.3 Å². The van der Waals surface area contributed by atoms with E-state index in [0.717, 1.165) is 4.88 Å². The molecule has 0 bridgehead atoms. The number of aromatic amines is 1. The lowest BCUT2D eigenvalue weighted by Gasteiger charge is -2.02. The molecule has 2 rings (SSSR count). The summed E-state index contributed by atoms with van der Waals surface area (Å²) >= 11 is 1.65. The number of pyridine rings is 1. The predicted molar refractivity (Wildman–Crippen MR) is 67.3 cm³/mol. The van der Waals surface area contributed by atoms with Crippen LogP contribution in [0.25, 0.3) is 0 Å². The van der Waals surface area contributed by atoms with Gasteiger partial charge in [0, 0.05) is 22.0 Å². The van der Waals surface area contributed by atoms with Gasteiger partial charge >= 0.3 is 0 Å². The van der Waals surface area contributed by atoms with Gasteiger partial charge in [0.05, 0.1) is 12.1 Å². The van der Waals surface area contributed by atoms with Crippen molar-refractivity contribution in [2.75, 3.05) is 0 Å². The van der Waals surface area contributed by atoms with Crippen LogP contribution >= 0.6 is 11.3 Å². The number of carbonyl (C=O) groups excluding carboxylic acids is 1. The van der Waals surface area contributed by atoms with E-state index in [9.17, 15) is 9.59 Å². The second-order valence-electron chi connectivity index (χ2n) is 3.64. The first-order valence-corrected chi connectivity index (χ1v) is 5.99. The smallest absolute Gasteiger partial charge is 0.253 e. The largest absolute Gasteiger partial charge is 0.347 e. The molecule has 0 saturated heterocycles. The van der Waals surface area contributed by atoms with Crippen molar-refractivity contribution in [2.45, 2.75) is 13.5 Å². The van der Waals surface area contributed by atoms with Gasteiger partial charge in [-0.1, -0.05) is 0 Å². The van der Waals surface area contributed by atoms with E-state index in [1.807, 2.05) is 19.1 Å². The van der Waals surface area contributed by atoms with Crippen molar-refractivity contribution in [3.8, 4) is 0 Å². The van der Waals surface area contributed by atoms with E-state index in [4.69, 9.17) is 0 Å². The summed E-state index contributed by atoms with van der Waals surface area (Å²) < 4.78 is 0. The minimum atomic E-state index is -0.213. The standard InChI is InChI=1S/C12H12N2O2S/c1-8-2-4-10(17-8)7-14-12(16)9-3-5-11(15)13-6-9/h2-6H,7H2,1H3,(H,13,15)(H,14,16). The second-order valence-corrected chi connectivity index (χ2v) is 5.01. The number of hydrogen-bond acceptors (Lipinski definition) is 3. The number of thiophene rings is 1. The lowest BCUT2D eigenvalue weighted by atomic mass is 10.2. The SMILES string of the molecule is Cc1ccc(CNC(=O)c2ccc(=O)[nH]c2)s1. The van der Waals surface area contributed by atoms with Gasteiger partial charge in [0.25, 0.3) is 5.91 Å². The molecule has 0 aliphatic rings. The Morgan fingerprint density at radius 3 is 2.76 bits per heavy atom. The van der Waals surface area contributed by atoms with E-state index < -0.39 is 0 Å². The Bertz CT molecular complexity index is 566. The summed E-state index contributed by atoms with van der Waals surface area (Å²) in [6, 6.07) is 6.86. The van der Waals surface area contributed by atoms with E-state index in [-0.39, 0.29) is 11.5 Å². The molecule has 0 aromatic carbocycles. The molecule has 0 aliphatic carbocycles. The Morgan fingerprint density at radius 2 is 2.18 bits per heavy atom. The van der Waals surface area contributed by atoms with E-state index in [0.29, 0.717) is 12.1 Å². The van der Waals surface area contributed by atoms with Gasteiger partial charge in [0.1, 0.15) is 0 Å². The van der Waals surface area contributed by atoms with Crippen LogP contribution in [0.15, 0.2) is 35.3 Å². The van der Waals surface area contributed by atoms with Gasteiger partial charge in [-0.2, -0.15) is 0 Å². The van der Waals surface area contributed by atoms with Crippen molar-refractivity contribution in [1.29, 1.82) is 0 Å². The highest BCUT2D eigenvalue weighted by Gasteiger charge is 2.05. The molecule has 0 aliphatic heterocycles. The fourth-order valence-electron chi connectivity index (χ4n) is 1.40. The zero-order valence-electron chi connectivity index (χ0n) is 9.32. The van der Waals surface area contributed by atoms with Gasteiger partial charge in [-0.25, -0.2) is 0 Å². The maximum absolute atomic E-state index is 11.7. The van der Waals surface area contributed by atoms with Gasteiger partial charge in [-0.15, -0.1) is 11.3 Å². The van der Waals surface area contributed by atoms with Crippen LogP contribution in [0.4, 0.5) is 0 Å². The highest BCUT2D eigenvalue weighted by atomic mass is 32.1. The summed E-state index contributed by atoms with van der Waals surface area (Å²) in [6.07, 6.45) is 1.41. The molecule has 88 valence electrons. The number of aromatic nitrogens is 1. The summed E-state index contributed by atoms with van der Waals surface area (Å²) in [5, 5.41) is 2.80. The van der Waals surface area contributed by atoms with Crippen molar-refractivity contribution < 1.29 is 4.79 Å². The molecule has 1 amide bonds. The van der Waals surface area contributed by atoms with Crippen LogP contribution in [0, 0.1) is 6.92 Å². The number of aryl methyl sites for hydroxylation is 1. The Hall–Kier alpha value is -1.88. The first-order valence-electron chi connectivity index (χ1n) is 5.17. The van der Waals surface area contributed by atoms with Gasteiger partial charge in [-0.05, 0) is 25.1 Å². The summed E-state index contributed by atoms with van der Waals surface area (Å²) in [6.45, 7) is 2.54. The van der Waals surface area contributed by atoms with Gasteiger partial charge in [0.2, 0.25) is 5.56 Å². The van der Waals surface area contributed by atoms with Gasteiger partial charge in [-0.3, -0.25) is 9.59 Å². The Kier molecular flexibility index (Phi) is 3.39. The quantitative estimate of drug-likeness (QED) is 0.868. The number of nitrogens with one attached hydrogen (secondary N) is 2. The summed E-state index contributed by atoms with van der Waals surface area (Å²) in [7, 11) is 0. The molecule has 2 N–H and O–H groups in total. The van der Waals surface area contributed by atoms with Crippen molar-refractivity contribution >= 4 is 17.2 Å². The zero-order valence-corrected chi connectivity index (χ0v) is 10.1. The number of amides is 1. The maximum Gasteiger partial charge on any atom is 0.253 e. The van der Waals surface area contributed by atoms with Crippen LogP contribution in [0.5, 0.6) is 0 Å². The van der Waals surface area contributed by atoms with Crippen LogP contribution in [0.3, 0.4) is 0 Å². The maximum atomic E-state index is 11.7. The summed E-state index contributed by atoms with van der Waals surface area (Å²) in [5.74, 6) is -0.188. The summed E-state index contributed by atoms with van der Waals surface area (Å²) in [4.78, 5) is 27.3. The van der Waals surface area contributed by atoms with Gasteiger partial charge < -0.3 is 10.3 Å². The molecule has 2 heterocycles. The molecule has 0 spiro atoms. The molecule has 0 fully saturated rings. The lowest BCUT2D eigenvalue weighted by Crippen LogP contribution is -2.23. The van der Waals surface area contributed by atoms with Crippen LogP contribution in [0.2, 0.25) is 0 Å². The van der Waals surface area contributed by atoms with Crippen LogP contribution in [-0.4, -0.2) is 10.9 Å². The van der Waals surface area contributed by atoms with Crippen molar-refractivity contribution in [2.24, 2.45) is 0 Å². The number of carbonyl (C=O) groups is 1. The molecule has 0 atom stereocenters. The monoisotopic (exact) mass is 248 g/mol. The van der Waals surface area contributed by atoms with Crippen LogP contribution in [-0.2, 0) is 6.54 Å². The Labute approximate surface area is 102 Å². The first kappa shape index (κ1) is 11.6. The second kappa shape index (κ2) is 4.97. The molecule has 0 radical (unpaired) electrons. The van der Waals surface area contributed by atoms with Crippen molar-refractivity contribution in [3.05, 3.63) is 56.1 Å². The normalized spacial score (nSPS) is 10.2. The number of rotatable bonds is 3. The minimum absolute atomic E-state index is 0.188. The minimum Gasteiger partial charge on any atom is -0.347 e. The molecule has 0 unspecified atom stereocenters. The number of H-pyrrole nitrogens is 1. The average molecular weight is 248 g/mol. The summed E-state index contributed by atoms with van der Waals surface area (Å²) in [5.41, 5.74) is 0.244. The molecule has 4 nitrogen and oxygen atoms in total. The van der Waals surface area contributed by atoms with E-state index >= 15 is 0 Å². The average Bonchev–Trinajstić information content (AvgIpc) is 2.73. The van der Waals surface area contributed by atoms with Crippen molar-refractivity contribution in [3.63, 3.8) is 0 Å². The molecule has 2 aromatic rings. The fourth-order valence-corrected chi connectivity index (χ4v) is 2.23. The molecule has 17 heavy (non-hydrogen) atoms. The third-order valence-corrected chi connectivity index (χ3v) is 3.27. The Balaban J connectivity index is 1.98. The molecule has 5 heteroatoms. The number of hydrogen-bond donors (Lipinski definition) is 2. The molecule has 2 aromatic heterocycles. The van der Waals surface area contributed by atoms with E-state index in [1.165, 1.54) is 23.2 Å². The lowest BCUT2D eigenvalue weighted by molar-refractivity contribution is 0.0951. The Morgan fingerprint density at radius 1 is 1.35 bits per heavy atom. The molecular formula is C12H12N2O2S. The van der Waals surface area contributed by atoms with E-state index in [1.54, 1.807) is 11.3 Å². The molecular weight excluding hydrogens is 236 g/mol. The third kappa shape index (κ3) is 3.04. The van der Waals surface area contributed by atoms with Crippen LogP contribution in [0.1, 0.15) is 20.1 Å². The fraction of sp³-hybridized carbons (Fsp3) is 0.167. The third-order valence-electron chi connectivity index (χ3n) is 2.27. The highest BCUT2D eigenvalue weighted by molar-refractivity contribution is 7.11. The topological polar surface area (TPSA) is 62.0 Å². The molecule has 0 saturated carbocycles. The first-order chi connectivity index (χ1) is 8.15. The van der Waals surface area contributed by atoms with Crippen LogP contribution < -0.4 is 10.9 Å². The van der Waals surface area contributed by atoms with E-state index in [2.05, 4.69) is 10.3 Å².